The Hall–Kier alpha value is -1.60. The molecule has 7 heteroatoms. The molecule has 1 aliphatic heterocycles. The number of esters is 2. The van der Waals surface area contributed by atoms with Crippen LogP contribution in [0.25, 0.3) is 0 Å². The molecule has 0 bridgehead atoms. The summed E-state index contributed by atoms with van der Waals surface area (Å²) in [7, 11) is 0. The van der Waals surface area contributed by atoms with Crippen LogP contribution in [-0.4, -0.2) is 46.1 Å². The molecule has 168 valence electrons. The smallest absolute Gasteiger partial charge is 0.378 e. The van der Waals surface area contributed by atoms with E-state index in [1.54, 1.807) is 0 Å². The molecule has 0 unspecified atom stereocenters. The molecule has 0 aromatic rings. The Morgan fingerprint density at radius 1 is 1.00 bits per heavy atom. The second-order valence-electron chi connectivity index (χ2n) is 8.23. The summed E-state index contributed by atoms with van der Waals surface area (Å²) in [5.41, 5.74) is 0. The number of carbonyl (C=O) groups is 2. The van der Waals surface area contributed by atoms with Crippen molar-refractivity contribution in [3.05, 3.63) is 11.5 Å². The predicted octanol–water partition coefficient (Wildman–Crippen LogP) is 3.92. The lowest BCUT2D eigenvalue weighted by atomic mass is 10.0. The van der Waals surface area contributed by atoms with E-state index in [2.05, 4.69) is 13.8 Å². The maximum Gasteiger partial charge on any atom is 0.378 e. The molecule has 2 atom stereocenters. The molecule has 0 fully saturated rings. The van der Waals surface area contributed by atoms with Gasteiger partial charge in [-0.15, -0.1) is 0 Å². The summed E-state index contributed by atoms with van der Waals surface area (Å²) < 4.78 is 9.72. The van der Waals surface area contributed by atoms with Crippen molar-refractivity contribution >= 4 is 11.9 Å². The van der Waals surface area contributed by atoms with Gasteiger partial charge < -0.3 is 24.8 Å². The number of unbranched alkanes of at least 4 members (excludes halogenated alkanes) is 9. The van der Waals surface area contributed by atoms with E-state index in [1.165, 1.54) is 44.9 Å². The van der Waals surface area contributed by atoms with Gasteiger partial charge in [-0.1, -0.05) is 78.1 Å². The summed E-state index contributed by atoms with van der Waals surface area (Å²) in [6, 6.07) is 0. The molecule has 3 N–H and O–H groups in total. The molecular weight excluding hydrogens is 376 g/mol. The lowest BCUT2D eigenvalue weighted by molar-refractivity contribution is -0.151. The normalized spacial score (nSPS) is 17.7. The van der Waals surface area contributed by atoms with E-state index < -0.39 is 42.3 Å². The van der Waals surface area contributed by atoms with Gasteiger partial charge in [0, 0.05) is 6.42 Å². The molecule has 1 aliphatic rings. The van der Waals surface area contributed by atoms with Gasteiger partial charge in [-0.25, -0.2) is 4.79 Å². The van der Waals surface area contributed by atoms with Crippen LogP contribution in [0.15, 0.2) is 11.5 Å². The van der Waals surface area contributed by atoms with Gasteiger partial charge in [-0.2, -0.15) is 0 Å². The van der Waals surface area contributed by atoms with Gasteiger partial charge in [0.25, 0.3) is 0 Å². The van der Waals surface area contributed by atoms with Crippen molar-refractivity contribution in [3.8, 4) is 0 Å². The molecule has 0 saturated heterocycles. The second kappa shape index (κ2) is 14.4. The van der Waals surface area contributed by atoms with Crippen LogP contribution >= 0.6 is 0 Å². The molecule has 1 rings (SSSR count). The predicted molar refractivity (Wildman–Crippen MR) is 109 cm³/mol. The highest BCUT2D eigenvalue weighted by Crippen LogP contribution is 2.25. The Kier molecular flexibility index (Phi) is 12.6. The van der Waals surface area contributed by atoms with E-state index in [4.69, 9.17) is 14.6 Å². The number of ether oxygens (including phenoxy) is 2. The zero-order chi connectivity index (χ0) is 21.6. The zero-order valence-corrected chi connectivity index (χ0v) is 17.9. The van der Waals surface area contributed by atoms with E-state index >= 15 is 0 Å². The Morgan fingerprint density at radius 2 is 1.52 bits per heavy atom. The van der Waals surface area contributed by atoms with Gasteiger partial charge in [0.05, 0.1) is 6.61 Å². The highest BCUT2D eigenvalue weighted by atomic mass is 16.6. The highest BCUT2D eigenvalue weighted by Gasteiger charge is 2.41. The van der Waals surface area contributed by atoms with Gasteiger partial charge in [-0.3, -0.25) is 4.79 Å². The number of carbonyl (C=O) groups excluding carboxylic acids is 2. The van der Waals surface area contributed by atoms with E-state index in [-0.39, 0.29) is 6.42 Å². The molecular formula is C22H38O7. The minimum atomic E-state index is -1.46. The Labute approximate surface area is 174 Å². The number of aliphatic hydroxyl groups excluding tert-OH is 3. The fraction of sp³-hybridized carbons (Fsp3) is 0.818. The minimum Gasteiger partial charge on any atom is -0.499 e. The number of cyclic esters (lactones) is 1. The summed E-state index contributed by atoms with van der Waals surface area (Å²) in [6.45, 7) is 3.84. The molecule has 29 heavy (non-hydrogen) atoms. The fourth-order valence-electron chi connectivity index (χ4n) is 3.33. The van der Waals surface area contributed by atoms with Crippen LogP contribution in [0.3, 0.4) is 0 Å². The van der Waals surface area contributed by atoms with E-state index in [0.717, 1.165) is 25.2 Å². The first-order valence-corrected chi connectivity index (χ1v) is 11.0. The van der Waals surface area contributed by atoms with Crippen LogP contribution in [-0.2, 0) is 19.1 Å². The Morgan fingerprint density at radius 3 is 2.03 bits per heavy atom. The van der Waals surface area contributed by atoms with Crippen LogP contribution in [0, 0.1) is 5.92 Å². The summed E-state index contributed by atoms with van der Waals surface area (Å²) >= 11 is 0. The third-order valence-corrected chi connectivity index (χ3v) is 5.09. The molecule has 0 spiro atoms. The van der Waals surface area contributed by atoms with Crippen molar-refractivity contribution in [1.82, 2.24) is 0 Å². The van der Waals surface area contributed by atoms with Gasteiger partial charge in [0.2, 0.25) is 11.5 Å². The standard InChI is InChI=1S/C22H38O7/c1-16(2)13-11-9-7-5-3-4-6-8-10-12-14-18(25)28-21-19(26)22(27)29-20(21)17(24)15-23/h16-17,20,23-24,26H,3-15H2,1-2H3/t17-,20+/m0/s1. The monoisotopic (exact) mass is 414 g/mol. The summed E-state index contributed by atoms with van der Waals surface area (Å²) in [6.07, 6.45) is 10.2. The molecule has 0 radical (unpaired) electrons. The Bertz CT molecular complexity index is 527. The molecule has 0 saturated carbocycles. The van der Waals surface area contributed by atoms with Crippen molar-refractivity contribution in [3.63, 3.8) is 0 Å². The third-order valence-electron chi connectivity index (χ3n) is 5.09. The molecule has 0 aromatic carbocycles. The van der Waals surface area contributed by atoms with Crippen LogP contribution in [0.1, 0.15) is 90.9 Å². The van der Waals surface area contributed by atoms with Crippen molar-refractivity contribution in [1.29, 1.82) is 0 Å². The second-order valence-corrected chi connectivity index (χ2v) is 8.23. The first kappa shape index (κ1) is 25.4. The van der Waals surface area contributed by atoms with Crippen molar-refractivity contribution < 1.29 is 34.4 Å². The van der Waals surface area contributed by atoms with Crippen LogP contribution in [0.5, 0.6) is 0 Å². The molecule has 1 heterocycles. The number of hydrogen-bond acceptors (Lipinski definition) is 7. The van der Waals surface area contributed by atoms with Crippen LogP contribution in [0.2, 0.25) is 0 Å². The van der Waals surface area contributed by atoms with Gasteiger partial charge in [0.15, 0.2) is 6.10 Å². The minimum absolute atomic E-state index is 0.156. The SMILES string of the molecule is CC(C)CCCCCCCCCCCCC(=O)OC1=C(O)C(=O)O[C@@H]1[C@@H](O)CO. The largest absolute Gasteiger partial charge is 0.499 e. The van der Waals surface area contributed by atoms with Gasteiger partial charge in [0.1, 0.15) is 6.10 Å². The summed E-state index contributed by atoms with van der Waals surface area (Å²) in [5, 5.41) is 28.2. The quantitative estimate of drug-likeness (QED) is 0.259. The van der Waals surface area contributed by atoms with Crippen molar-refractivity contribution in [2.75, 3.05) is 6.61 Å². The van der Waals surface area contributed by atoms with Crippen LogP contribution in [0.4, 0.5) is 0 Å². The maximum absolute atomic E-state index is 11.9. The average molecular weight is 415 g/mol. The molecule has 0 aromatic heterocycles. The first-order valence-electron chi connectivity index (χ1n) is 11.0. The van der Waals surface area contributed by atoms with Crippen molar-refractivity contribution in [2.24, 2.45) is 5.92 Å². The highest BCUT2D eigenvalue weighted by molar-refractivity contribution is 5.90. The Balaban J connectivity index is 2.07. The van der Waals surface area contributed by atoms with Gasteiger partial charge in [-0.05, 0) is 12.3 Å². The van der Waals surface area contributed by atoms with Gasteiger partial charge >= 0.3 is 11.9 Å². The zero-order valence-electron chi connectivity index (χ0n) is 17.9. The maximum atomic E-state index is 11.9. The lowest BCUT2D eigenvalue weighted by Crippen LogP contribution is -2.33. The summed E-state index contributed by atoms with van der Waals surface area (Å²) in [5.74, 6) is -2.13. The van der Waals surface area contributed by atoms with Crippen molar-refractivity contribution in [2.45, 2.75) is 103 Å². The van der Waals surface area contributed by atoms with E-state index in [0.29, 0.717) is 6.42 Å². The first-order chi connectivity index (χ1) is 13.9. The number of rotatable bonds is 16. The number of hydrogen-bond donors (Lipinski definition) is 3. The number of aliphatic hydroxyl groups is 3. The molecule has 0 amide bonds. The van der Waals surface area contributed by atoms with E-state index in [1.807, 2.05) is 0 Å². The summed E-state index contributed by atoms with van der Waals surface area (Å²) in [4.78, 5) is 23.3. The molecule has 7 nitrogen and oxygen atoms in total. The van der Waals surface area contributed by atoms with E-state index in [9.17, 15) is 19.8 Å². The fourth-order valence-corrected chi connectivity index (χ4v) is 3.33. The van der Waals surface area contributed by atoms with Crippen LogP contribution < -0.4 is 0 Å². The topological polar surface area (TPSA) is 113 Å². The molecule has 0 aliphatic carbocycles. The lowest BCUT2D eigenvalue weighted by Gasteiger charge is -2.17. The third kappa shape index (κ3) is 10.1. The average Bonchev–Trinajstić information content (AvgIpc) is 2.96.